The van der Waals surface area contributed by atoms with Crippen molar-refractivity contribution >= 4 is 5.91 Å². The van der Waals surface area contributed by atoms with Gasteiger partial charge in [0.1, 0.15) is 11.9 Å². The fourth-order valence-corrected chi connectivity index (χ4v) is 4.43. The van der Waals surface area contributed by atoms with E-state index in [-0.39, 0.29) is 23.8 Å². The van der Waals surface area contributed by atoms with Gasteiger partial charge in [0, 0.05) is 19.3 Å². The Hall–Kier alpha value is -2.80. The molecule has 2 aliphatic rings. The lowest BCUT2D eigenvalue weighted by molar-refractivity contribution is -0.0240. The molecule has 154 valence electrons. The molecule has 7 heteroatoms. The van der Waals surface area contributed by atoms with E-state index in [2.05, 4.69) is 4.98 Å². The van der Waals surface area contributed by atoms with E-state index in [0.29, 0.717) is 48.9 Å². The van der Waals surface area contributed by atoms with Gasteiger partial charge in [0.25, 0.3) is 5.91 Å². The Balaban J connectivity index is 1.45. The van der Waals surface area contributed by atoms with E-state index in [4.69, 9.17) is 14.2 Å². The van der Waals surface area contributed by atoms with Crippen LogP contribution in [0, 0.1) is 11.8 Å². The second kappa shape index (κ2) is 8.29. The zero-order chi connectivity index (χ0) is 20.4. The molecule has 2 fully saturated rings. The molecule has 1 aliphatic carbocycles. The van der Waals surface area contributed by atoms with Crippen molar-refractivity contribution < 1.29 is 24.1 Å². The van der Waals surface area contributed by atoms with Crippen LogP contribution < -0.4 is 14.2 Å². The zero-order valence-electron chi connectivity index (χ0n) is 16.7. The minimum absolute atomic E-state index is 0.131. The van der Waals surface area contributed by atoms with Gasteiger partial charge in [-0.2, -0.15) is 0 Å². The number of hydrogen-bond donors (Lipinski definition) is 1. The van der Waals surface area contributed by atoms with Crippen molar-refractivity contribution in [3.05, 3.63) is 48.3 Å². The highest BCUT2D eigenvalue weighted by atomic mass is 16.5. The summed E-state index contributed by atoms with van der Waals surface area (Å²) in [5.74, 6) is 2.14. The Morgan fingerprint density at radius 3 is 2.38 bits per heavy atom. The van der Waals surface area contributed by atoms with Gasteiger partial charge in [-0.05, 0) is 48.9 Å². The van der Waals surface area contributed by atoms with Crippen molar-refractivity contribution in [1.29, 1.82) is 0 Å². The van der Waals surface area contributed by atoms with Crippen LogP contribution in [0.3, 0.4) is 0 Å². The third kappa shape index (κ3) is 3.87. The monoisotopic (exact) mass is 398 g/mol. The number of hydrogen-bond acceptors (Lipinski definition) is 6. The lowest BCUT2D eigenvalue weighted by atomic mass is 9.78. The van der Waals surface area contributed by atoms with Crippen molar-refractivity contribution in [3.63, 3.8) is 0 Å². The first kappa shape index (κ1) is 19.5. The van der Waals surface area contributed by atoms with Crippen LogP contribution in [0.4, 0.5) is 0 Å². The largest absolute Gasteiger partial charge is 0.494 e. The minimum atomic E-state index is -0.583. The van der Waals surface area contributed by atoms with Crippen molar-refractivity contribution in [1.82, 2.24) is 9.88 Å². The number of pyridine rings is 1. The van der Waals surface area contributed by atoms with Crippen LogP contribution in [0.15, 0.2) is 42.6 Å². The van der Waals surface area contributed by atoms with E-state index in [1.54, 1.807) is 25.4 Å². The molecule has 4 rings (SSSR count). The summed E-state index contributed by atoms with van der Waals surface area (Å²) in [6.45, 7) is 1.24. The number of likely N-dealkylation sites (tertiary alicyclic amines) is 1. The maximum atomic E-state index is 13.0. The fourth-order valence-electron chi connectivity index (χ4n) is 4.43. The molecule has 0 radical (unpaired) electrons. The summed E-state index contributed by atoms with van der Waals surface area (Å²) >= 11 is 0. The average molecular weight is 398 g/mol. The molecule has 4 atom stereocenters. The highest BCUT2D eigenvalue weighted by Crippen LogP contribution is 2.40. The fraction of sp³-hybridized carbons (Fsp3) is 0.455. The Labute approximate surface area is 170 Å². The number of ether oxygens (including phenoxy) is 3. The molecular weight excluding hydrogens is 372 g/mol. The zero-order valence-corrected chi connectivity index (χ0v) is 16.7. The predicted octanol–water partition coefficient (Wildman–Crippen LogP) is 2.39. The van der Waals surface area contributed by atoms with Crippen molar-refractivity contribution in [2.45, 2.75) is 25.0 Å². The van der Waals surface area contributed by atoms with Gasteiger partial charge < -0.3 is 24.2 Å². The van der Waals surface area contributed by atoms with Gasteiger partial charge >= 0.3 is 0 Å². The van der Waals surface area contributed by atoms with E-state index in [9.17, 15) is 9.90 Å². The summed E-state index contributed by atoms with van der Waals surface area (Å²) in [6, 6.07) is 10.9. The van der Waals surface area contributed by atoms with E-state index in [0.717, 1.165) is 0 Å². The van der Waals surface area contributed by atoms with Gasteiger partial charge in [-0.25, -0.2) is 4.98 Å². The van der Waals surface area contributed by atoms with Crippen molar-refractivity contribution in [3.8, 4) is 17.2 Å². The standard InChI is InChI=1S/C22H26N2O5/c1-27-17-6-3-4-7-18(17)29-20-11-15-13-24(12-14(15)10-16(20)25)22(26)21-19(28-2)8-5-9-23-21/h3-9,14-16,20,25H,10-13H2,1-2H3/t14-,15+,16+,20+/m0/s1. The predicted molar refractivity (Wildman–Crippen MR) is 106 cm³/mol. The van der Waals surface area contributed by atoms with Crippen LogP contribution in [-0.4, -0.2) is 60.4 Å². The van der Waals surface area contributed by atoms with E-state index in [1.807, 2.05) is 29.2 Å². The number of methoxy groups -OCH3 is 2. The molecule has 0 unspecified atom stereocenters. The summed E-state index contributed by atoms with van der Waals surface area (Å²) in [5, 5.41) is 10.7. The summed E-state index contributed by atoms with van der Waals surface area (Å²) in [6.07, 6.45) is 1.98. The number of rotatable bonds is 5. The SMILES string of the molecule is COc1ccccc1O[C@@H]1C[C@@H]2CN(C(=O)c3ncccc3OC)C[C@@H]2C[C@H]1O. The number of aliphatic hydroxyl groups is 1. The molecule has 1 aliphatic heterocycles. The molecule has 0 spiro atoms. The molecule has 0 bridgehead atoms. The summed E-state index contributed by atoms with van der Waals surface area (Å²) in [4.78, 5) is 19.0. The number of fused-ring (bicyclic) bond motifs is 1. The Kier molecular flexibility index (Phi) is 5.58. The number of nitrogens with zero attached hydrogens (tertiary/aromatic N) is 2. The lowest BCUT2D eigenvalue weighted by Gasteiger charge is -2.35. The highest BCUT2D eigenvalue weighted by molar-refractivity contribution is 5.95. The van der Waals surface area contributed by atoms with E-state index in [1.165, 1.54) is 7.11 Å². The van der Waals surface area contributed by atoms with Gasteiger partial charge in [0.15, 0.2) is 17.2 Å². The molecule has 1 N–H and O–H groups in total. The maximum absolute atomic E-state index is 13.0. The quantitative estimate of drug-likeness (QED) is 0.833. The minimum Gasteiger partial charge on any atom is -0.494 e. The summed E-state index contributed by atoms with van der Waals surface area (Å²) in [7, 11) is 3.13. The molecule has 1 aromatic carbocycles. The molecule has 1 aromatic heterocycles. The first-order valence-electron chi connectivity index (χ1n) is 9.86. The Morgan fingerprint density at radius 1 is 1.00 bits per heavy atom. The van der Waals surface area contributed by atoms with Crippen LogP contribution in [-0.2, 0) is 0 Å². The third-order valence-electron chi connectivity index (χ3n) is 5.91. The number of benzene rings is 1. The molecule has 1 saturated heterocycles. The number of para-hydroxylation sites is 2. The van der Waals surface area contributed by atoms with Crippen molar-refractivity contribution in [2.75, 3.05) is 27.3 Å². The number of amides is 1. The summed E-state index contributed by atoms with van der Waals surface area (Å²) < 4.78 is 16.7. The maximum Gasteiger partial charge on any atom is 0.276 e. The normalized spacial score (nSPS) is 26.0. The molecule has 1 saturated carbocycles. The topological polar surface area (TPSA) is 81.1 Å². The molecule has 29 heavy (non-hydrogen) atoms. The number of carbonyl (C=O) groups is 1. The second-order valence-corrected chi connectivity index (χ2v) is 7.63. The van der Waals surface area contributed by atoms with Crippen LogP contribution in [0.25, 0.3) is 0 Å². The molecule has 2 aromatic rings. The van der Waals surface area contributed by atoms with Crippen LogP contribution >= 0.6 is 0 Å². The van der Waals surface area contributed by atoms with E-state index < -0.39 is 6.10 Å². The lowest BCUT2D eigenvalue weighted by Crippen LogP contribution is -2.42. The Morgan fingerprint density at radius 2 is 1.66 bits per heavy atom. The number of aromatic nitrogens is 1. The van der Waals surface area contributed by atoms with Gasteiger partial charge in [-0.3, -0.25) is 4.79 Å². The Bertz CT molecular complexity index is 874. The highest BCUT2D eigenvalue weighted by Gasteiger charge is 2.44. The average Bonchev–Trinajstić information content (AvgIpc) is 3.16. The van der Waals surface area contributed by atoms with Gasteiger partial charge in [0.2, 0.25) is 0 Å². The number of carbonyl (C=O) groups excluding carboxylic acids is 1. The van der Waals surface area contributed by atoms with Crippen LogP contribution in [0.1, 0.15) is 23.3 Å². The smallest absolute Gasteiger partial charge is 0.276 e. The molecule has 7 nitrogen and oxygen atoms in total. The van der Waals surface area contributed by atoms with E-state index >= 15 is 0 Å². The first-order valence-corrected chi connectivity index (χ1v) is 9.86. The molecule has 1 amide bonds. The summed E-state index contributed by atoms with van der Waals surface area (Å²) in [5.41, 5.74) is 0.330. The van der Waals surface area contributed by atoms with Crippen LogP contribution in [0.2, 0.25) is 0 Å². The van der Waals surface area contributed by atoms with Crippen LogP contribution in [0.5, 0.6) is 17.2 Å². The second-order valence-electron chi connectivity index (χ2n) is 7.63. The third-order valence-corrected chi connectivity index (χ3v) is 5.91. The molecular formula is C22H26N2O5. The first-order chi connectivity index (χ1) is 14.1. The van der Waals surface area contributed by atoms with Gasteiger partial charge in [0.05, 0.1) is 20.3 Å². The van der Waals surface area contributed by atoms with Crippen molar-refractivity contribution in [2.24, 2.45) is 11.8 Å². The van der Waals surface area contributed by atoms with Gasteiger partial charge in [-0.1, -0.05) is 12.1 Å². The number of aliphatic hydroxyl groups excluding tert-OH is 1. The van der Waals surface area contributed by atoms with Gasteiger partial charge in [-0.15, -0.1) is 0 Å². The molecule has 2 heterocycles.